The van der Waals surface area contributed by atoms with Crippen LogP contribution in [0.1, 0.15) is 12.8 Å². The molecule has 0 aromatic heterocycles. The first-order chi connectivity index (χ1) is 9.65. The minimum Gasteiger partial charge on any atom is -0.364 e. The zero-order valence-corrected chi connectivity index (χ0v) is 13.3. The van der Waals surface area contributed by atoms with E-state index in [4.69, 9.17) is 0 Å². The summed E-state index contributed by atoms with van der Waals surface area (Å²) in [5.74, 6) is 0.912. The first kappa shape index (κ1) is 13.9. The van der Waals surface area contributed by atoms with Crippen LogP contribution in [0, 0.1) is 5.92 Å². The molecule has 20 heavy (non-hydrogen) atoms. The first-order valence-electron chi connectivity index (χ1n) is 7.17. The lowest BCUT2D eigenvalue weighted by atomic mass is 10.0. The molecule has 1 atom stereocenters. The molecule has 1 aromatic rings. The Morgan fingerprint density at radius 1 is 1.40 bits per heavy atom. The van der Waals surface area contributed by atoms with E-state index >= 15 is 0 Å². The van der Waals surface area contributed by atoms with Crippen LogP contribution in [0.25, 0.3) is 0 Å². The molecular formula is C15H20BrN3O. The van der Waals surface area contributed by atoms with Crippen LogP contribution in [0.2, 0.25) is 0 Å². The fourth-order valence-corrected chi connectivity index (χ4v) is 3.41. The number of halogens is 1. The van der Waals surface area contributed by atoms with Gasteiger partial charge in [0.1, 0.15) is 0 Å². The van der Waals surface area contributed by atoms with E-state index in [1.165, 1.54) is 6.42 Å². The highest BCUT2D eigenvalue weighted by Gasteiger charge is 2.28. The van der Waals surface area contributed by atoms with Gasteiger partial charge in [-0.25, -0.2) is 0 Å². The quantitative estimate of drug-likeness (QED) is 0.918. The number of carbonyl (C=O) groups is 1. The van der Waals surface area contributed by atoms with Crippen molar-refractivity contribution in [2.45, 2.75) is 12.8 Å². The molecule has 0 radical (unpaired) electrons. The van der Waals surface area contributed by atoms with Crippen molar-refractivity contribution in [3.8, 4) is 0 Å². The normalized spacial score (nSPS) is 22.3. The summed E-state index contributed by atoms with van der Waals surface area (Å²) in [6, 6.07) is 6.14. The molecule has 2 aliphatic rings. The van der Waals surface area contributed by atoms with Crippen molar-refractivity contribution >= 4 is 33.2 Å². The zero-order chi connectivity index (χ0) is 14.1. The topological polar surface area (TPSA) is 35.6 Å². The smallest absolute Gasteiger partial charge is 0.246 e. The number of benzene rings is 1. The average Bonchev–Trinajstić information content (AvgIpc) is 2.92. The van der Waals surface area contributed by atoms with Crippen LogP contribution in [0.4, 0.5) is 11.4 Å². The molecule has 1 saturated heterocycles. The highest BCUT2D eigenvalue weighted by atomic mass is 79.9. The lowest BCUT2D eigenvalue weighted by Crippen LogP contribution is -2.45. The van der Waals surface area contributed by atoms with E-state index in [1.807, 2.05) is 29.0 Å². The second kappa shape index (κ2) is 5.74. The van der Waals surface area contributed by atoms with Crippen LogP contribution >= 0.6 is 15.9 Å². The molecule has 5 heteroatoms. The van der Waals surface area contributed by atoms with Crippen molar-refractivity contribution in [2.24, 2.45) is 5.92 Å². The monoisotopic (exact) mass is 337 g/mol. The number of anilines is 2. The molecule has 2 heterocycles. The molecule has 108 valence electrons. The Kier molecular flexibility index (Phi) is 3.98. The Morgan fingerprint density at radius 3 is 3.00 bits per heavy atom. The van der Waals surface area contributed by atoms with Crippen molar-refractivity contribution in [2.75, 3.05) is 43.0 Å². The summed E-state index contributed by atoms with van der Waals surface area (Å²) in [7, 11) is 1.97. The van der Waals surface area contributed by atoms with Gasteiger partial charge in [-0.15, -0.1) is 0 Å². The first-order valence-corrected chi connectivity index (χ1v) is 7.96. The highest BCUT2D eigenvalue weighted by molar-refractivity contribution is 9.10. The SMILES string of the molecule is CN1CC(=O)N(CCC2CCNC2)c2ccc(Br)cc21. The number of likely N-dealkylation sites (N-methyl/N-ethyl adjacent to an activating group) is 1. The molecule has 0 bridgehead atoms. The number of hydrogen-bond acceptors (Lipinski definition) is 3. The van der Waals surface area contributed by atoms with Gasteiger partial charge in [0.05, 0.1) is 17.9 Å². The van der Waals surface area contributed by atoms with Gasteiger partial charge in [-0.2, -0.15) is 0 Å². The van der Waals surface area contributed by atoms with E-state index in [2.05, 4.69) is 27.3 Å². The fraction of sp³-hybridized carbons (Fsp3) is 0.533. The summed E-state index contributed by atoms with van der Waals surface area (Å²) in [5, 5.41) is 3.39. The van der Waals surface area contributed by atoms with Gasteiger partial charge in [0.15, 0.2) is 0 Å². The van der Waals surface area contributed by atoms with E-state index in [9.17, 15) is 4.79 Å². The molecule has 3 rings (SSSR count). The van der Waals surface area contributed by atoms with Crippen LogP contribution in [0.5, 0.6) is 0 Å². The summed E-state index contributed by atoms with van der Waals surface area (Å²) in [5.41, 5.74) is 2.17. The lowest BCUT2D eigenvalue weighted by molar-refractivity contribution is -0.117. The van der Waals surface area contributed by atoms with Crippen molar-refractivity contribution in [3.05, 3.63) is 22.7 Å². The Morgan fingerprint density at radius 2 is 2.25 bits per heavy atom. The maximum atomic E-state index is 12.3. The van der Waals surface area contributed by atoms with Gasteiger partial charge in [-0.3, -0.25) is 4.79 Å². The van der Waals surface area contributed by atoms with E-state index in [0.717, 1.165) is 41.9 Å². The van der Waals surface area contributed by atoms with Gasteiger partial charge in [0.2, 0.25) is 5.91 Å². The van der Waals surface area contributed by atoms with Crippen molar-refractivity contribution < 1.29 is 4.79 Å². The third-order valence-corrected chi connectivity index (χ3v) is 4.73. The predicted octanol–water partition coefficient (Wildman–Crippen LogP) is 2.23. The second-order valence-electron chi connectivity index (χ2n) is 5.68. The van der Waals surface area contributed by atoms with Gasteiger partial charge in [0, 0.05) is 18.1 Å². The average molecular weight is 338 g/mol. The van der Waals surface area contributed by atoms with Crippen LogP contribution < -0.4 is 15.1 Å². The number of fused-ring (bicyclic) bond motifs is 1. The molecule has 2 aliphatic heterocycles. The summed E-state index contributed by atoms with van der Waals surface area (Å²) in [6.45, 7) is 3.50. The summed E-state index contributed by atoms with van der Waals surface area (Å²) in [6.07, 6.45) is 2.31. The molecule has 1 unspecified atom stereocenters. The molecular weight excluding hydrogens is 318 g/mol. The molecule has 1 fully saturated rings. The van der Waals surface area contributed by atoms with Gasteiger partial charge >= 0.3 is 0 Å². The Labute approximate surface area is 128 Å². The van der Waals surface area contributed by atoms with Crippen molar-refractivity contribution in [3.63, 3.8) is 0 Å². The minimum atomic E-state index is 0.202. The van der Waals surface area contributed by atoms with Gasteiger partial charge in [-0.05, 0) is 50.0 Å². The maximum Gasteiger partial charge on any atom is 0.246 e. The van der Waals surface area contributed by atoms with Crippen LogP contribution in [0.3, 0.4) is 0 Å². The maximum absolute atomic E-state index is 12.3. The molecule has 0 saturated carbocycles. The van der Waals surface area contributed by atoms with E-state index in [0.29, 0.717) is 12.5 Å². The largest absolute Gasteiger partial charge is 0.364 e. The minimum absolute atomic E-state index is 0.202. The third-order valence-electron chi connectivity index (χ3n) is 4.24. The number of nitrogens with one attached hydrogen (secondary N) is 1. The Balaban J connectivity index is 1.79. The lowest BCUT2D eigenvalue weighted by Gasteiger charge is -2.35. The zero-order valence-electron chi connectivity index (χ0n) is 11.7. The van der Waals surface area contributed by atoms with Gasteiger partial charge < -0.3 is 15.1 Å². The Hall–Kier alpha value is -1.07. The fourth-order valence-electron chi connectivity index (χ4n) is 3.06. The molecule has 1 aromatic carbocycles. The van der Waals surface area contributed by atoms with E-state index in [-0.39, 0.29) is 5.91 Å². The number of amides is 1. The van der Waals surface area contributed by atoms with Crippen LogP contribution in [-0.4, -0.2) is 39.1 Å². The molecule has 1 amide bonds. The Bertz CT molecular complexity index is 514. The van der Waals surface area contributed by atoms with Crippen molar-refractivity contribution in [1.82, 2.24) is 5.32 Å². The molecule has 1 N–H and O–H groups in total. The number of carbonyl (C=O) groups excluding carboxylic acids is 1. The molecule has 4 nitrogen and oxygen atoms in total. The predicted molar refractivity (Wildman–Crippen MR) is 85.4 cm³/mol. The standard InChI is InChI=1S/C15H20BrN3O/c1-18-10-15(20)19(7-5-11-4-6-17-9-11)13-3-2-12(16)8-14(13)18/h2-3,8,11,17H,4-7,9-10H2,1H3. The number of hydrogen-bond donors (Lipinski definition) is 1. The van der Waals surface area contributed by atoms with Crippen LogP contribution in [-0.2, 0) is 4.79 Å². The molecule has 0 aliphatic carbocycles. The molecule has 0 spiro atoms. The van der Waals surface area contributed by atoms with Gasteiger partial charge in [-0.1, -0.05) is 15.9 Å². The second-order valence-corrected chi connectivity index (χ2v) is 6.60. The highest BCUT2D eigenvalue weighted by Crippen LogP contribution is 2.35. The number of rotatable bonds is 3. The summed E-state index contributed by atoms with van der Waals surface area (Å²) >= 11 is 3.51. The third kappa shape index (κ3) is 2.69. The van der Waals surface area contributed by atoms with E-state index < -0.39 is 0 Å². The van der Waals surface area contributed by atoms with Crippen LogP contribution in [0.15, 0.2) is 22.7 Å². The van der Waals surface area contributed by atoms with E-state index in [1.54, 1.807) is 0 Å². The van der Waals surface area contributed by atoms with Gasteiger partial charge in [0.25, 0.3) is 0 Å². The number of nitrogens with zero attached hydrogens (tertiary/aromatic N) is 2. The summed E-state index contributed by atoms with van der Waals surface area (Å²) in [4.78, 5) is 16.3. The van der Waals surface area contributed by atoms with Crippen molar-refractivity contribution in [1.29, 1.82) is 0 Å². The summed E-state index contributed by atoms with van der Waals surface area (Å²) < 4.78 is 1.05.